The van der Waals surface area contributed by atoms with Crippen LogP contribution < -0.4 is 5.32 Å². The van der Waals surface area contributed by atoms with E-state index in [1.165, 1.54) is 6.07 Å². The normalized spacial score (nSPS) is 10.8. The van der Waals surface area contributed by atoms with Crippen LogP contribution in [0.3, 0.4) is 0 Å². The Labute approximate surface area is 117 Å². The highest BCUT2D eigenvalue weighted by atomic mass is 19.1. The Kier molecular flexibility index (Phi) is 5.21. The maximum absolute atomic E-state index is 13.5. The lowest BCUT2D eigenvalue weighted by molar-refractivity contribution is 0.184. The van der Waals surface area contributed by atoms with E-state index in [1.54, 1.807) is 7.11 Å². The molecule has 0 aromatic heterocycles. The van der Waals surface area contributed by atoms with E-state index in [0.29, 0.717) is 18.7 Å². The zero-order valence-corrected chi connectivity index (χ0v) is 11.3. The van der Waals surface area contributed by atoms with Crippen LogP contribution >= 0.6 is 0 Å². The lowest BCUT2D eigenvalue weighted by Crippen LogP contribution is -2.15. The third kappa shape index (κ3) is 3.85. The predicted molar refractivity (Wildman–Crippen MR) is 74.1 cm³/mol. The summed E-state index contributed by atoms with van der Waals surface area (Å²) in [5.41, 5.74) is 2.50. The molecular formula is C16H17F2NO. The maximum Gasteiger partial charge on any atom is 0.127 e. The fourth-order valence-electron chi connectivity index (χ4n) is 2.04. The molecule has 2 nitrogen and oxygen atoms in total. The molecule has 0 unspecified atom stereocenters. The van der Waals surface area contributed by atoms with Gasteiger partial charge in [-0.15, -0.1) is 0 Å². The van der Waals surface area contributed by atoms with Crippen molar-refractivity contribution in [2.24, 2.45) is 0 Å². The number of ether oxygens (including phenoxy) is 1. The molecule has 0 saturated heterocycles. The number of hydrogen-bond donors (Lipinski definition) is 1. The number of hydrogen-bond acceptors (Lipinski definition) is 2. The largest absolute Gasteiger partial charge is 0.380 e. The summed E-state index contributed by atoms with van der Waals surface area (Å²) in [7, 11) is 1.65. The third-order valence-corrected chi connectivity index (χ3v) is 3.06. The van der Waals surface area contributed by atoms with Gasteiger partial charge in [-0.25, -0.2) is 8.78 Å². The van der Waals surface area contributed by atoms with Gasteiger partial charge in [0.1, 0.15) is 11.6 Å². The van der Waals surface area contributed by atoms with Gasteiger partial charge in [0.25, 0.3) is 0 Å². The van der Waals surface area contributed by atoms with E-state index in [1.807, 2.05) is 24.3 Å². The summed E-state index contributed by atoms with van der Waals surface area (Å²) in [6.45, 7) is 1.40. The van der Waals surface area contributed by atoms with Gasteiger partial charge in [-0.05, 0) is 29.3 Å². The second kappa shape index (κ2) is 7.12. The van der Waals surface area contributed by atoms with Crippen LogP contribution in [-0.2, 0) is 24.4 Å². The molecule has 2 rings (SSSR count). The molecule has 2 aromatic carbocycles. The van der Waals surface area contributed by atoms with Gasteiger partial charge in [0.05, 0.1) is 6.61 Å². The highest BCUT2D eigenvalue weighted by molar-refractivity contribution is 5.26. The van der Waals surface area contributed by atoms with Crippen LogP contribution in [0.15, 0.2) is 42.5 Å². The molecule has 0 radical (unpaired) electrons. The molecule has 0 bridgehead atoms. The first-order valence-corrected chi connectivity index (χ1v) is 6.41. The van der Waals surface area contributed by atoms with Crippen LogP contribution in [0.25, 0.3) is 0 Å². The minimum Gasteiger partial charge on any atom is -0.380 e. The zero-order valence-electron chi connectivity index (χ0n) is 11.3. The van der Waals surface area contributed by atoms with Crippen LogP contribution in [0, 0.1) is 11.6 Å². The molecule has 106 valence electrons. The summed E-state index contributed by atoms with van der Waals surface area (Å²) < 4.78 is 31.7. The molecule has 0 spiro atoms. The Bertz CT molecular complexity index is 572. The molecule has 0 saturated carbocycles. The van der Waals surface area contributed by atoms with Crippen molar-refractivity contribution < 1.29 is 13.5 Å². The first kappa shape index (κ1) is 14.6. The maximum atomic E-state index is 13.5. The van der Waals surface area contributed by atoms with E-state index in [2.05, 4.69) is 5.32 Å². The van der Waals surface area contributed by atoms with E-state index in [-0.39, 0.29) is 6.54 Å². The molecule has 1 N–H and O–H groups in total. The van der Waals surface area contributed by atoms with Crippen molar-refractivity contribution in [3.8, 4) is 0 Å². The molecule has 0 fully saturated rings. The van der Waals surface area contributed by atoms with Gasteiger partial charge in [0.2, 0.25) is 0 Å². The first-order chi connectivity index (χ1) is 9.70. The smallest absolute Gasteiger partial charge is 0.127 e. The lowest BCUT2D eigenvalue weighted by Gasteiger charge is -2.10. The SMILES string of the molecule is COCc1ccccc1CNCc1cc(F)ccc1F. The van der Waals surface area contributed by atoms with Crippen LogP contribution in [-0.4, -0.2) is 7.11 Å². The predicted octanol–water partition coefficient (Wildman–Crippen LogP) is 3.40. The summed E-state index contributed by atoms with van der Waals surface area (Å²) in [5, 5.41) is 3.12. The van der Waals surface area contributed by atoms with Gasteiger partial charge in [-0.3, -0.25) is 0 Å². The average Bonchev–Trinajstić information content (AvgIpc) is 2.45. The van der Waals surface area contributed by atoms with Crippen molar-refractivity contribution in [1.29, 1.82) is 0 Å². The molecule has 20 heavy (non-hydrogen) atoms. The highest BCUT2D eigenvalue weighted by Crippen LogP contribution is 2.12. The number of rotatable bonds is 6. The third-order valence-electron chi connectivity index (χ3n) is 3.06. The Morgan fingerprint density at radius 3 is 2.40 bits per heavy atom. The summed E-state index contributed by atoms with van der Waals surface area (Å²) in [6.07, 6.45) is 0. The fourth-order valence-corrected chi connectivity index (χ4v) is 2.04. The first-order valence-electron chi connectivity index (χ1n) is 6.41. The van der Waals surface area contributed by atoms with Crippen molar-refractivity contribution in [2.75, 3.05) is 7.11 Å². The van der Waals surface area contributed by atoms with E-state index in [9.17, 15) is 8.78 Å². The minimum absolute atomic E-state index is 0.283. The van der Waals surface area contributed by atoms with Crippen molar-refractivity contribution in [3.63, 3.8) is 0 Å². The van der Waals surface area contributed by atoms with Gasteiger partial charge >= 0.3 is 0 Å². The van der Waals surface area contributed by atoms with Gasteiger partial charge in [-0.2, -0.15) is 0 Å². The number of halogens is 2. The second-order valence-electron chi connectivity index (χ2n) is 4.54. The average molecular weight is 277 g/mol. The molecule has 0 aliphatic heterocycles. The van der Waals surface area contributed by atoms with Crippen molar-refractivity contribution >= 4 is 0 Å². The van der Waals surface area contributed by atoms with Crippen molar-refractivity contribution in [2.45, 2.75) is 19.7 Å². The number of benzene rings is 2. The van der Waals surface area contributed by atoms with Crippen LogP contribution in [0.5, 0.6) is 0 Å². The molecule has 0 aliphatic carbocycles. The summed E-state index contributed by atoms with van der Waals surface area (Å²) in [5.74, 6) is -0.827. The number of methoxy groups -OCH3 is 1. The van der Waals surface area contributed by atoms with Gasteiger partial charge in [0.15, 0.2) is 0 Å². The molecule has 2 aromatic rings. The molecule has 0 heterocycles. The summed E-state index contributed by atoms with van der Waals surface area (Å²) >= 11 is 0. The van der Waals surface area contributed by atoms with Crippen LogP contribution in [0.4, 0.5) is 8.78 Å². The fraction of sp³-hybridized carbons (Fsp3) is 0.250. The van der Waals surface area contributed by atoms with Gasteiger partial charge in [-0.1, -0.05) is 24.3 Å². The monoisotopic (exact) mass is 277 g/mol. The summed E-state index contributed by atoms with van der Waals surface area (Å²) in [6, 6.07) is 11.3. The molecule has 0 atom stereocenters. The van der Waals surface area contributed by atoms with Gasteiger partial charge < -0.3 is 10.1 Å². The quantitative estimate of drug-likeness (QED) is 0.873. The topological polar surface area (TPSA) is 21.3 Å². The molecule has 0 aliphatic rings. The summed E-state index contributed by atoms with van der Waals surface area (Å²) in [4.78, 5) is 0. The molecule has 4 heteroatoms. The van der Waals surface area contributed by atoms with E-state index in [0.717, 1.165) is 23.3 Å². The minimum atomic E-state index is -0.428. The van der Waals surface area contributed by atoms with Crippen LogP contribution in [0.2, 0.25) is 0 Å². The van der Waals surface area contributed by atoms with Gasteiger partial charge in [0, 0.05) is 25.8 Å². The van der Waals surface area contributed by atoms with E-state index < -0.39 is 11.6 Å². The molecular weight excluding hydrogens is 260 g/mol. The Balaban J connectivity index is 1.97. The van der Waals surface area contributed by atoms with E-state index in [4.69, 9.17) is 4.74 Å². The molecule has 0 amide bonds. The lowest BCUT2D eigenvalue weighted by atomic mass is 10.1. The number of nitrogens with one attached hydrogen (secondary N) is 1. The zero-order chi connectivity index (χ0) is 14.4. The second-order valence-corrected chi connectivity index (χ2v) is 4.54. The van der Waals surface area contributed by atoms with Crippen molar-refractivity contribution in [1.82, 2.24) is 5.32 Å². The van der Waals surface area contributed by atoms with E-state index >= 15 is 0 Å². The van der Waals surface area contributed by atoms with Crippen molar-refractivity contribution in [3.05, 3.63) is 70.8 Å². The highest BCUT2D eigenvalue weighted by Gasteiger charge is 2.05. The Morgan fingerprint density at radius 2 is 1.65 bits per heavy atom. The standard InChI is InChI=1S/C16H17F2NO/c1-20-11-13-5-3-2-4-12(13)9-19-10-14-8-15(17)6-7-16(14)18/h2-8,19H,9-11H2,1H3. The Hall–Kier alpha value is -1.78. The Morgan fingerprint density at radius 1 is 0.950 bits per heavy atom. The van der Waals surface area contributed by atoms with Crippen LogP contribution in [0.1, 0.15) is 16.7 Å².